The van der Waals surface area contributed by atoms with E-state index in [1.54, 1.807) is 14.0 Å². The normalized spacial score (nSPS) is 16.5. The van der Waals surface area contributed by atoms with Crippen LogP contribution in [0.5, 0.6) is 0 Å². The first-order valence-electron chi connectivity index (χ1n) is 6.10. The highest BCUT2D eigenvalue weighted by Gasteiger charge is 2.24. The van der Waals surface area contributed by atoms with Crippen LogP contribution in [0.2, 0.25) is 0 Å². The van der Waals surface area contributed by atoms with E-state index >= 15 is 0 Å². The number of carboxylic acids is 1. The van der Waals surface area contributed by atoms with E-state index in [4.69, 9.17) is 9.84 Å². The molecule has 0 aromatic rings. The Balaban J connectivity index is 4.05. The number of nitrogens with one attached hydrogen (secondary N) is 1. The topological polar surface area (TPSA) is 78.8 Å². The van der Waals surface area contributed by atoms with Gasteiger partial charge in [-0.3, -0.25) is 4.79 Å². The zero-order valence-electron chi connectivity index (χ0n) is 11.0. The van der Waals surface area contributed by atoms with Crippen molar-refractivity contribution in [3.63, 3.8) is 0 Å². The Kier molecular flexibility index (Phi) is 8.12. The van der Waals surface area contributed by atoms with E-state index < -0.39 is 17.6 Å². The summed E-state index contributed by atoms with van der Waals surface area (Å²) in [5.41, 5.74) is -0.935. The Morgan fingerprint density at radius 3 is 2.65 bits per heavy atom. The molecular weight excluding hydrogens is 222 g/mol. The molecule has 2 unspecified atom stereocenters. The third kappa shape index (κ3) is 8.12. The van der Waals surface area contributed by atoms with Crippen molar-refractivity contribution in [3.05, 3.63) is 0 Å². The average Bonchev–Trinajstić information content (AvgIpc) is 2.26. The average molecular weight is 247 g/mol. The van der Waals surface area contributed by atoms with Crippen LogP contribution in [0.3, 0.4) is 0 Å². The second kappa shape index (κ2) is 8.44. The SMILES string of the molecule is CCCCC(NCC(C)(O)CCOC)C(=O)O. The molecule has 0 radical (unpaired) electrons. The monoisotopic (exact) mass is 247 g/mol. The lowest BCUT2D eigenvalue weighted by Crippen LogP contribution is -2.46. The van der Waals surface area contributed by atoms with Crippen molar-refractivity contribution in [2.75, 3.05) is 20.3 Å². The molecule has 0 aliphatic heterocycles. The largest absolute Gasteiger partial charge is 0.480 e. The smallest absolute Gasteiger partial charge is 0.320 e. The van der Waals surface area contributed by atoms with Gasteiger partial charge in [0.1, 0.15) is 6.04 Å². The Bertz CT molecular complexity index is 219. The van der Waals surface area contributed by atoms with Gasteiger partial charge in [0.05, 0.1) is 5.60 Å². The van der Waals surface area contributed by atoms with E-state index in [1.165, 1.54) is 0 Å². The molecule has 2 atom stereocenters. The molecular formula is C12H25NO4. The maximum Gasteiger partial charge on any atom is 0.320 e. The molecule has 0 spiro atoms. The number of methoxy groups -OCH3 is 1. The first-order valence-corrected chi connectivity index (χ1v) is 6.10. The summed E-state index contributed by atoms with van der Waals surface area (Å²) >= 11 is 0. The van der Waals surface area contributed by atoms with Crippen molar-refractivity contribution in [2.24, 2.45) is 0 Å². The Labute approximate surface area is 103 Å². The van der Waals surface area contributed by atoms with E-state index in [0.29, 0.717) is 19.4 Å². The van der Waals surface area contributed by atoms with Crippen LogP contribution in [0.4, 0.5) is 0 Å². The summed E-state index contributed by atoms with van der Waals surface area (Å²) in [6.07, 6.45) is 2.90. The van der Waals surface area contributed by atoms with Crippen molar-refractivity contribution in [2.45, 2.75) is 51.2 Å². The molecule has 17 heavy (non-hydrogen) atoms. The van der Waals surface area contributed by atoms with Crippen LogP contribution in [0.1, 0.15) is 39.5 Å². The van der Waals surface area contributed by atoms with Crippen molar-refractivity contribution in [1.29, 1.82) is 0 Å². The zero-order chi connectivity index (χ0) is 13.3. The van der Waals surface area contributed by atoms with Gasteiger partial charge in [0.25, 0.3) is 0 Å². The molecule has 0 rings (SSSR count). The van der Waals surface area contributed by atoms with Gasteiger partial charge in [0, 0.05) is 26.7 Å². The first-order chi connectivity index (χ1) is 7.93. The lowest BCUT2D eigenvalue weighted by atomic mass is 10.0. The molecule has 0 aliphatic rings. The number of carbonyl (C=O) groups is 1. The first kappa shape index (κ1) is 16.4. The third-order valence-electron chi connectivity index (χ3n) is 2.72. The highest BCUT2D eigenvalue weighted by Crippen LogP contribution is 2.09. The number of unbranched alkanes of at least 4 members (excludes halogenated alkanes) is 1. The van der Waals surface area contributed by atoms with Crippen molar-refractivity contribution < 1.29 is 19.7 Å². The second-order valence-electron chi connectivity index (χ2n) is 4.65. The summed E-state index contributed by atoms with van der Waals surface area (Å²) in [6.45, 7) is 4.42. The molecule has 0 saturated carbocycles. The van der Waals surface area contributed by atoms with Crippen LogP contribution >= 0.6 is 0 Å². The van der Waals surface area contributed by atoms with Crippen LogP contribution in [0.25, 0.3) is 0 Å². The highest BCUT2D eigenvalue weighted by atomic mass is 16.5. The van der Waals surface area contributed by atoms with E-state index in [0.717, 1.165) is 12.8 Å². The molecule has 0 aliphatic carbocycles. The Morgan fingerprint density at radius 1 is 1.53 bits per heavy atom. The number of ether oxygens (including phenoxy) is 1. The van der Waals surface area contributed by atoms with Crippen LogP contribution < -0.4 is 5.32 Å². The van der Waals surface area contributed by atoms with Gasteiger partial charge >= 0.3 is 5.97 Å². The minimum atomic E-state index is -0.935. The molecule has 0 amide bonds. The van der Waals surface area contributed by atoms with Crippen LogP contribution in [0.15, 0.2) is 0 Å². The second-order valence-corrected chi connectivity index (χ2v) is 4.65. The molecule has 5 nitrogen and oxygen atoms in total. The fourth-order valence-electron chi connectivity index (χ4n) is 1.47. The molecule has 5 heteroatoms. The number of rotatable bonds is 10. The molecule has 0 aromatic heterocycles. The Hall–Kier alpha value is -0.650. The van der Waals surface area contributed by atoms with E-state index in [9.17, 15) is 9.90 Å². The maximum absolute atomic E-state index is 11.0. The number of hydrogen-bond acceptors (Lipinski definition) is 4. The molecule has 0 saturated heterocycles. The lowest BCUT2D eigenvalue weighted by molar-refractivity contribution is -0.140. The fraction of sp³-hybridized carbons (Fsp3) is 0.917. The minimum Gasteiger partial charge on any atom is -0.480 e. The summed E-state index contributed by atoms with van der Waals surface area (Å²) in [7, 11) is 1.57. The van der Waals surface area contributed by atoms with Gasteiger partial charge in [0.15, 0.2) is 0 Å². The molecule has 0 aromatic carbocycles. The molecule has 0 heterocycles. The van der Waals surface area contributed by atoms with Crippen molar-refractivity contribution in [1.82, 2.24) is 5.32 Å². The predicted octanol–water partition coefficient (Wildman–Crippen LogP) is 1.01. The third-order valence-corrected chi connectivity index (χ3v) is 2.72. The maximum atomic E-state index is 11.0. The number of aliphatic hydroxyl groups is 1. The van der Waals surface area contributed by atoms with Crippen LogP contribution in [-0.4, -0.2) is 48.1 Å². The zero-order valence-corrected chi connectivity index (χ0v) is 11.0. The highest BCUT2D eigenvalue weighted by molar-refractivity contribution is 5.73. The molecule has 3 N–H and O–H groups in total. The number of hydrogen-bond donors (Lipinski definition) is 3. The summed E-state index contributed by atoms with van der Waals surface area (Å²) in [5.74, 6) is -0.860. The fourth-order valence-corrected chi connectivity index (χ4v) is 1.47. The van der Waals surface area contributed by atoms with E-state index in [-0.39, 0.29) is 6.54 Å². The van der Waals surface area contributed by atoms with Gasteiger partial charge < -0.3 is 20.3 Å². The molecule has 102 valence electrons. The quantitative estimate of drug-likeness (QED) is 0.537. The lowest BCUT2D eigenvalue weighted by Gasteiger charge is -2.25. The van der Waals surface area contributed by atoms with Gasteiger partial charge in [-0.05, 0) is 13.3 Å². The van der Waals surface area contributed by atoms with Gasteiger partial charge in [-0.25, -0.2) is 0 Å². The summed E-state index contributed by atoms with van der Waals surface area (Å²) < 4.78 is 4.89. The summed E-state index contributed by atoms with van der Waals surface area (Å²) in [5, 5.41) is 21.9. The van der Waals surface area contributed by atoms with Gasteiger partial charge in [-0.1, -0.05) is 19.8 Å². The van der Waals surface area contributed by atoms with Crippen LogP contribution in [0, 0.1) is 0 Å². The number of carboxylic acid groups (broad SMARTS) is 1. The van der Waals surface area contributed by atoms with Crippen molar-refractivity contribution in [3.8, 4) is 0 Å². The number of aliphatic carboxylic acids is 1. The van der Waals surface area contributed by atoms with Gasteiger partial charge in [0.2, 0.25) is 0 Å². The standard InChI is InChI=1S/C12H25NO4/c1-4-5-6-10(11(14)15)13-9-12(2,16)7-8-17-3/h10,13,16H,4-9H2,1-3H3,(H,14,15). The van der Waals surface area contributed by atoms with E-state index in [2.05, 4.69) is 5.32 Å². The summed E-state index contributed by atoms with van der Waals surface area (Å²) in [6, 6.07) is -0.580. The molecule has 0 fully saturated rings. The predicted molar refractivity (Wildman–Crippen MR) is 66.1 cm³/mol. The summed E-state index contributed by atoms with van der Waals surface area (Å²) in [4.78, 5) is 11.0. The van der Waals surface area contributed by atoms with Crippen molar-refractivity contribution >= 4 is 5.97 Å². The molecule has 0 bridgehead atoms. The van der Waals surface area contributed by atoms with E-state index in [1.807, 2.05) is 6.92 Å². The van der Waals surface area contributed by atoms with Gasteiger partial charge in [-0.15, -0.1) is 0 Å². The Morgan fingerprint density at radius 2 is 2.18 bits per heavy atom. The minimum absolute atomic E-state index is 0.261. The van der Waals surface area contributed by atoms with Gasteiger partial charge in [-0.2, -0.15) is 0 Å². The van der Waals surface area contributed by atoms with Crippen LogP contribution in [-0.2, 0) is 9.53 Å².